The number of piperidine rings is 1. The molecule has 1 saturated heterocycles. The van der Waals surface area contributed by atoms with Crippen molar-refractivity contribution in [3.05, 3.63) is 0 Å². The number of halogens is 1. The third-order valence-corrected chi connectivity index (χ3v) is 2.54. The maximum Gasteiger partial charge on any atom is 0.239 e. The zero-order valence-corrected chi connectivity index (χ0v) is 11.2. The highest BCUT2D eigenvalue weighted by Gasteiger charge is 2.20. The molecule has 0 aromatic carbocycles. The van der Waals surface area contributed by atoms with Crippen LogP contribution in [0.3, 0.4) is 0 Å². The van der Waals surface area contributed by atoms with E-state index in [1.165, 1.54) is 0 Å². The molecule has 0 spiro atoms. The Morgan fingerprint density at radius 3 is 2.65 bits per heavy atom. The minimum absolute atomic E-state index is 0. The first kappa shape index (κ1) is 16.2. The molecule has 0 radical (unpaired) electrons. The van der Waals surface area contributed by atoms with Crippen LogP contribution in [0, 0.1) is 5.92 Å². The molecule has 3 N–H and O–H groups in total. The predicted octanol–water partition coefficient (Wildman–Crippen LogP) is 0.0486. The molecule has 1 aliphatic rings. The number of carbonyl (C=O) groups excluding carboxylic acids is 2. The van der Waals surface area contributed by atoms with Crippen LogP contribution in [0.25, 0.3) is 0 Å². The Morgan fingerprint density at radius 2 is 2.12 bits per heavy atom. The summed E-state index contributed by atoms with van der Waals surface area (Å²) in [4.78, 5) is 23.0. The quantitative estimate of drug-likeness (QED) is 0.671. The molecule has 1 rings (SSSR count). The topological polar surface area (TPSA) is 70.2 Å². The van der Waals surface area contributed by atoms with Gasteiger partial charge in [-0.1, -0.05) is 0 Å². The van der Waals surface area contributed by atoms with Crippen molar-refractivity contribution in [1.29, 1.82) is 0 Å². The molecular weight excluding hydrogens is 242 g/mol. The molecule has 100 valence electrons. The van der Waals surface area contributed by atoms with Gasteiger partial charge in [-0.05, 0) is 33.2 Å². The van der Waals surface area contributed by atoms with E-state index in [9.17, 15) is 9.59 Å². The molecule has 1 unspecified atom stereocenters. The van der Waals surface area contributed by atoms with Gasteiger partial charge < -0.3 is 16.0 Å². The summed E-state index contributed by atoms with van der Waals surface area (Å²) in [6.45, 7) is 5.57. The van der Waals surface area contributed by atoms with Crippen molar-refractivity contribution >= 4 is 24.2 Å². The van der Waals surface area contributed by atoms with E-state index in [2.05, 4.69) is 16.0 Å². The van der Waals surface area contributed by atoms with Crippen molar-refractivity contribution in [2.24, 2.45) is 5.92 Å². The number of hydrogen-bond acceptors (Lipinski definition) is 3. The van der Waals surface area contributed by atoms with Crippen molar-refractivity contribution in [3.63, 3.8) is 0 Å². The van der Waals surface area contributed by atoms with Gasteiger partial charge in [-0.3, -0.25) is 9.59 Å². The summed E-state index contributed by atoms with van der Waals surface area (Å²) in [5.41, 5.74) is 0. The number of hydrogen-bond donors (Lipinski definition) is 3. The van der Waals surface area contributed by atoms with Gasteiger partial charge in [-0.15, -0.1) is 12.4 Å². The Labute approximate surface area is 109 Å². The lowest BCUT2D eigenvalue weighted by molar-refractivity contribution is -0.129. The zero-order valence-electron chi connectivity index (χ0n) is 10.4. The predicted molar refractivity (Wildman–Crippen MR) is 69.1 cm³/mol. The highest BCUT2D eigenvalue weighted by Crippen LogP contribution is 2.09. The third kappa shape index (κ3) is 6.48. The molecule has 0 saturated carbocycles. The van der Waals surface area contributed by atoms with Crippen molar-refractivity contribution in [2.45, 2.75) is 32.7 Å². The smallest absolute Gasteiger partial charge is 0.239 e. The Hall–Kier alpha value is -0.810. The average Bonchev–Trinajstić information content (AvgIpc) is 2.26. The molecule has 6 heteroatoms. The van der Waals surface area contributed by atoms with E-state index >= 15 is 0 Å². The fourth-order valence-electron chi connectivity index (χ4n) is 1.76. The minimum Gasteiger partial charge on any atom is -0.352 e. The van der Waals surface area contributed by atoms with Crippen molar-refractivity contribution < 1.29 is 9.59 Å². The fourth-order valence-corrected chi connectivity index (χ4v) is 1.76. The fraction of sp³-hybridized carbons (Fsp3) is 0.818. The number of rotatable bonds is 4. The standard InChI is InChI=1S/C11H21N3O2.ClH/c1-8(2)14-10(15)7-13-11(16)9-4-3-5-12-6-9;/h8-9,12H,3-7H2,1-2H3,(H,13,16)(H,14,15);1H. The molecule has 0 bridgehead atoms. The number of carbonyl (C=O) groups is 2. The van der Waals surface area contributed by atoms with Gasteiger partial charge in [-0.25, -0.2) is 0 Å². The summed E-state index contributed by atoms with van der Waals surface area (Å²) in [5, 5.41) is 8.57. The minimum atomic E-state index is -0.132. The van der Waals surface area contributed by atoms with Gasteiger partial charge in [0.25, 0.3) is 0 Å². The van der Waals surface area contributed by atoms with Gasteiger partial charge in [0.05, 0.1) is 12.5 Å². The molecule has 1 aliphatic heterocycles. The van der Waals surface area contributed by atoms with Crippen LogP contribution in [0.4, 0.5) is 0 Å². The normalized spacial score (nSPS) is 19.4. The van der Waals surface area contributed by atoms with Gasteiger partial charge >= 0.3 is 0 Å². The number of amides is 2. The van der Waals surface area contributed by atoms with E-state index in [1.54, 1.807) is 0 Å². The van der Waals surface area contributed by atoms with Gasteiger partial charge in [0.1, 0.15) is 0 Å². The Kier molecular flexibility index (Phi) is 7.91. The molecule has 1 atom stereocenters. The summed E-state index contributed by atoms with van der Waals surface area (Å²) in [6, 6.07) is 0.112. The average molecular weight is 264 g/mol. The highest BCUT2D eigenvalue weighted by atomic mass is 35.5. The van der Waals surface area contributed by atoms with Crippen LogP contribution in [0.5, 0.6) is 0 Å². The van der Waals surface area contributed by atoms with Crippen molar-refractivity contribution in [1.82, 2.24) is 16.0 Å². The van der Waals surface area contributed by atoms with Crippen LogP contribution in [-0.2, 0) is 9.59 Å². The van der Waals surface area contributed by atoms with Crippen molar-refractivity contribution in [3.8, 4) is 0 Å². The molecule has 2 amide bonds. The second kappa shape index (κ2) is 8.31. The summed E-state index contributed by atoms with van der Waals surface area (Å²) < 4.78 is 0. The van der Waals surface area contributed by atoms with E-state index in [-0.39, 0.29) is 42.7 Å². The van der Waals surface area contributed by atoms with Gasteiger partial charge in [0.15, 0.2) is 0 Å². The van der Waals surface area contributed by atoms with Gasteiger partial charge in [0.2, 0.25) is 11.8 Å². The lowest BCUT2D eigenvalue weighted by Crippen LogP contribution is -2.45. The monoisotopic (exact) mass is 263 g/mol. The van der Waals surface area contributed by atoms with E-state index in [0.717, 1.165) is 25.9 Å². The first-order valence-electron chi connectivity index (χ1n) is 5.87. The second-order valence-corrected chi connectivity index (χ2v) is 4.48. The van der Waals surface area contributed by atoms with Crippen molar-refractivity contribution in [2.75, 3.05) is 19.6 Å². The lowest BCUT2D eigenvalue weighted by Gasteiger charge is -2.21. The maximum absolute atomic E-state index is 11.7. The van der Waals surface area contributed by atoms with E-state index in [0.29, 0.717) is 0 Å². The van der Waals surface area contributed by atoms with Crippen LogP contribution in [0.15, 0.2) is 0 Å². The summed E-state index contributed by atoms with van der Waals surface area (Å²) in [6.07, 6.45) is 1.93. The maximum atomic E-state index is 11.7. The van der Waals surface area contributed by atoms with Crippen LogP contribution >= 0.6 is 12.4 Å². The van der Waals surface area contributed by atoms with Gasteiger partial charge in [0, 0.05) is 12.6 Å². The Balaban J connectivity index is 0.00000256. The first-order valence-corrected chi connectivity index (χ1v) is 5.87. The summed E-state index contributed by atoms with van der Waals surface area (Å²) >= 11 is 0. The highest BCUT2D eigenvalue weighted by molar-refractivity contribution is 5.86. The molecular formula is C11H22ClN3O2. The zero-order chi connectivity index (χ0) is 12.0. The molecule has 1 heterocycles. The Morgan fingerprint density at radius 1 is 1.41 bits per heavy atom. The third-order valence-electron chi connectivity index (χ3n) is 2.54. The van der Waals surface area contributed by atoms with E-state index in [1.807, 2.05) is 13.8 Å². The summed E-state index contributed by atoms with van der Waals surface area (Å²) in [5.74, 6) is -0.140. The number of nitrogens with one attached hydrogen (secondary N) is 3. The van der Waals surface area contributed by atoms with Gasteiger partial charge in [-0.2, -0.15) is 0 Å². The molecule has 17 heavy (non-hydrogen) atoms. The molecule has 0 aromatic heterocycles. The first-order chi connectivity index (χ1) is 7.59. The van der Waals surface area contributed by atoms with E-state index < -0.39 is 0 Å². The largest absolute Gasteiger partial charge is 0.352 e. The molecule has 1 fully saturated rings. The lowest BCUT2D eigenvalue weighted by atomic mass is 9.99. The van der Waals surface area contributed by atoms with Crippen LogP contribution in [0.2, 0.25) is 0 Å². The molecule has 0 aliphatic carbocycles. The molecule has 0 aromatic rings. The summed E-state index contributed by atoms with van der Waals surface area (Å²) in [7, 11) is 0. The SMILES string of the molecule is CC(C)NC(=O)CNC(=O)C1CCCNC1.Cl. The van der Waals surface area contributed by atoms with Crippen LogP contribution in [0.1, 0.15) is 26.7 Å². The second-order valence-electron chi connectivity index (χ2n) is 4.48. The van der Waals surface area contributed by atoms with Crippen LogP contribution < -0.4 is 16.0 Å². The van der Waals surface area contributed by atoms with Crippen LogP contribution in [-0.4, -0.2) is 37.5 Å². The Bertz CT molecular complexity index is 253. The molecule has 5 nitrogen and oxygen atoms in total. The van der Waals surface area contributed by atoms with E-state index in [4.69, 9.17) is 0 Å².